The molecule has 4 amide bonds. The lowest BCUT2D eigenvalue weighted by Crippen LogP contribution is -2.54. The van der Waals surface area contributed by atoms with Crippen LogP contribution in [0, 0.1) is 0 Å². The Morgan fingerprint density at radius 3 is 2.31 bits per heavy atom. The van der Waals surface area contributed by atoms with Crippen LogP contribution in [0.2, 0.25) is 0 Å². The number of benzene rings is 1. The Morgan fingerprint density at radius 1 is 0.831 bits per heavy atom. The number of nitrogens with one attached hydrogen (secondary N) is 2. The van der Waals surface area contributed by atoms with Crippen molar-refractivity contribution in [2.24, 2.45) is 0 Å². The number of nitrogens with zero attached hydrogens (tertiary/aromatic N) is 10. The van der Waals surface area contributed by atoms with Gasteiger partial charge in [-0.3, -0.25) is 43.9 Å². The Hall–Kier alpha value is -5.52. The molecule has 0 aliphatic carbocycles. The van der Waals surface area contributed by atoms with Gasteiger partial charge < -0.3 is 19.9 Å². The molecule has 9 rings (SSSR count). The van der Waals surface area contributed by atoms with E-state index >= 15 is 0 Å². The average Bonchev–Trinajstić information content (AvgIpc) is 3.75. The Labute approximate surface area is 343 Å². The number of ether oxygens (including phenoxy) is 1. The Bertz CT molecular complexity index is 2260. The molecule has 1 atom stereocenters. The molecule has 3 aromatic heterocycles. The van der Waals surface area contributed by atoms with Crippen molar-refractivity contribution in [3.8, 4) is 0 Å². The van der Waals surface area contributed by atoms with E-state index in [4.69, 9.17) is 19.8 Å². The highest BCUT2D eigenvalue weighted by Crippen LogP contribution is 2.33. The number of anilines is 4. The molecule has 17 nitrogen and oxygen atoms in total. The Morgan fingerprint density at radius 2 is 1.58 bits per heavy atom. The fraction of sp³-hybridized carbons (Fsp3) is 0.524. The maximum Gasteiger partial charge on any atom is 0.262 e. The van der Waals surface area contributed by atoms with Gasteiger partial charge in [0.1, 0.15) is 17.7 Å². The molecule has 5 aliphatic heterocycles. The van der Waals surface area contributed by atoms with Gasteiger partial charge >= 0.3 is 0 Å². The normalized spacial score (nSPS) is 21.6. The van der Waals surface area contributed by atoms with E-state index in [-0.39, 0.29) is 24.8 Å². The second-order valence-electron chi connectivity index (χ2n) is 16.6. The lowest BCUT2D eigenvalue weighted by molar-refractivity contribution is -0.136. The van der Waals surface area contributed by atoms with Crippen molar-refractivity contribution in [2.75, 3.05) is 74.6 Å². The molecule has 4 saturated heterocycles. The van der Waals surface area contributed by atoms with Crippen LogP contribution < -0.4 is 20.4 Å². The van der Waals surface area contributed by atoms with Gasteiger partial charge in [0.15, 0.2) is 5.82 Å². The third-order valence-corrected chi connectivity index (χ3v) is 12.6. The van der Waals surface area contributed by atoms with Gasteiger partial charge in [0.2, 0.25) is 17.8 Å². The standard InChI is InChI=1S/C42H52N12O5/c1-26(2)54-34-23-36(45-35-8-13-43-42(46-35)52-16-11-29(59-3)12-17-52)44-24-32(34)38(48-54)51-14-9-28(10-15-51)50-20-18-49(19-21-50)25-27-4-5-30-31(22-27)41(58)53(40(30)57)33-6-7-37(55)47-39(33)56/h4-5,8,13,22-24,26,28-29,33H,6-7,9-12,14-21,25H2,1-3H3,(H,47,55,56)(H,43,44,45,46). The number of rotatable bonds is 10. The van der Waals surface area contributed by atoms with Crippen LogP contribution in [0.5, 0.6) is 0 Å². The number of piperazine rings is 1. The first kappa shape index (κ1) is 39.0. The van der Waals surface area contributed by atoms with E-state index in [0.717, 1.165) is 105 Å². The molecule has 1 aromatic carbocycles. The molecule has 1 unspecified atom stereocenters. The highest BCUT2D eigenvalue weighted by atomic mass is 16.5. The highest BCUT2D eigenvalue weighted by Gasteiger charge is 2.44. The fourth-order valence-electron chi connectivity index (χ4n) is 9.31. The minimum atomic E-state index is -0.964. The first-order valence-electron chi connectivity index (χ1n) is 21.0. The van der Waals surface area contributed by atoms with E-state index in [1.54, 1.807) is 25.4 Å². The minimum Gasteiger partial charge on any atom is -0.381 e. The van der Waals surface area contributed by atoms with E-state index in [2.05, 4.69) is 59.8 Å². The van der Waals surface area contributed by atoms with Crippen molar-refractivity contribution in [3.63, 3.8) is 0 Å². The summed E-state index contributed by atoms with van der Waals surface area (Å²) in [6, 6.07) is 9.03. The molecule has 8 heterocycles. The van der Waals surface area contributed by atoms with E-state index in [0.29, 0.717) is 47.4 Å². The number of pyridine rings is 1. The van der Waals surface area contributed by atoms with Crippen molar-refractivity contribution < 1.29 is 23.9 Å². The molecular weight excluding hydrogens is 753 g/mol. The number of amides is 4. The lowest BCUT2D eigenvalue weighted by atomic mass is 10.0. The summed E-state index contributed by atoms with van der Waals surface area (Å²) in [5, 5.41) is 11.9. The zero-order valence-corrected chi connectivity index (χ0v) is 34.0. The van der Waals surface area contributed by atoms with Crippen molar-refractivity contribution >= 4 is 57.9 Å². The van der Waals surface area contributed by atoms with Crippen LogP contribution in [0.1, 0.15) is 84.7 Å². The zero-order chi connectivity index (χ0) is 40.8. The van der Waals surface area contributed by atoms with Crippen LogP contribution >= 0.6 is 0 Å². The average molecular weight is 805 g/mol. The van der Waals surface area contributed by atoms with E-state index < -0.39 is 23.8 Å². The molecule has 2 N–H and O–H groups in total. The van der Waals surface area contributed by atoms with Crippen molar-refractivity contribution in [1.29, 1.82) is 0 Å². The topological polar surface area (TPSA) is 174 Å². The minimum absolute atomic E-state index is 0.0990. The summed E-state index contributed by atoms with van der Waals surface area (Å²) >= 11 is 0. The molecule has 0 radical (unpaired) electrons. The van der Waals surface area contributed by atoms with Crippen LogP contribution in [0.15, 0.2) is 42.7 Å². The number of aromatic nitrogens is 5. The van der Waals surface area contributed by atoms with Gasteiger partial charge in [-0.2, -0.15) is 10.1 Å². The third kappa shape index (κ3) is 7.74. The molecule has 0 spiro atoms. The Kier molecular flexibility index (Phi) is 10.7. The summed E-state index contributed by atoms with van der Waals surface area (Å²) in [7, 11) is 1.77. The van der Waals surface area contributed by atoms with Gasteiger partial charge in [-0.05, 0) is 69.7 Å². The summed E-state index contributed by atoms with van der Waals surface area (Å²) in [4.78, 5) is 75.4. The van der Waals surface area contributed by atoms with Crippen LogP contribution in [0.4, 0.5) is 23.4 Å². The van der Waals surface area contributed by atoms with Crippen LogP contribution in [0.25, 0.3) is 10.9 Å². The summed E-state index contributed by atoms with van der Waals surface area (Å²) < 4.78 is 7.63. The number of carbonyl (C=O) groups is 4. The molecule has 4 fully saturated rings. The van der Waals surface area contributed by atoms with Gasteiger partial charge in [-0.1, -0.05) is 6.07 Å². The second kappa shape index (κ2) is 16.3. The molecule has 0 bridgehead atoms. The fourth-order valence-corrected chi connectivity index (χ4v) is 9.31. The van der Waals surface area contributed by atoms with Crippen molar-refractivity contribution in [1.82, 2.24) is 44.7 Å². The number of methoxy groups -OCH3 is 1. The van der Waals surface area contributed by atoms with E-state index in [1.807, 2.05) is 18.3 Å². The lowest BCUT2D eigenvalue weighted by Gasteiger charge is -2.43. The number of fused-ring (bicyclic) bond motifs is 2. The monoisotopic (exact) mass is 804 g/mol. The number of carbonyl (C=O) groups excluding carboxylic acids is 4. The number of piperidine rings is 3. The van der Waals surface area contributed by atoms with Crippen LogP contribution in [0.3, 0.4) is 0 Å². The van der Waals surface area contributed by atoms with Crippen molar-refractivity contribution in [2.45, 2.75) is 83.1 Å². The zero-order valence-electron chi connectivity index (χ0n) is 34.0. The van der Waals surface area contributed by atoms with Crippen LogP contribution in [-0.4, -0.2) is 141 Å². The van der Waals surface area contributed by atoms with Gasteiger partial charge in [0.25, 0.3) is 11.8 Å². The summed E-state index contributed by atoms with van der Waals surface area (Å²) in [6.07, 6.45) is 8.27. The predicted molar refractivity (Wildman–Crippen MR) is 221 cm³/mol. The number of imide groups is 2. The highest BCUT2D eigenvalue weighted by molar-refractivity contribution is 6.23. The van der Waals surface area contributed by atoms with E-state index in [9.17, 15) is 19.2 Å². The van der Waals surface area contributed by atoms with Gasteiger partial charge in [-0.25, -0.2) is 9.97 Å². The molecule has 17 heteroatoms. The van der Waals surface area contributed by atoms with Gasteiger partial charge in [-0.15, -0.1) is 0 Å². The maximum atomic E-state index is 13.3. The third-order valence-electron chi connectivity index (χ3n) is 12.6. The SMILES string of the molecule is COC1CCN(c2nccc(Nc3cc4c(cn3)c(N3CCC(N5CCN(Cc6ccc7c(c6)C(=O)N(C6CCC(=O)NC6=O)C7=O)CC5)CC3)nn4C(C)C)n2)CC1. The molecular formula is C42H52N12O5. The summed E-state index contributed by atoms with van der Waals surface area (Å²) in [5.41, 5.74) is 2.63. The van der Waals surface area contributed by atoms with Gasteiger partial charge in [0.05, 0.1) is 28.1 Å². The van der Waals surface area contributed by atoms with E-state index in [1.165, 1.54) is 0 Å². The maximum absolute atomic E-state index is 13.3. The molecule has 0 saturated carbocycles. The van der Waals surface area contributed by atoms with Crippen LogP contribution in [-0.2, 0) is 20.9 Å². The second-order valence-corrected chi connectivity index (χ2v) is 16.6. The van der Waals surface area contributed by atoms with Crippen molar-refractivity contribution in [3.05, 3.63) is 59.4 Å². The Balaban J connectivity index is 0.792. The quantitative estimate of drug-likeness (QED) is 0.224. The first-order chi connectivity index (χ1) is 28.6. The first-order valence-corrected chi connectivity index (χ1v) is 21.0. The molecule has 4 aromatic rings. The summed E-state index contributed by atoms with van der Waals surface area (Å²) in [5.74, 6) is 1.17. The summed E-state index contributed by atoms with van der Waals surface area (Å²) in [6.45, 7) is 12.3. The number of hydrogen-bond acceptors (Lipinski definition) is 14. The van der Waals surface area contributed by atoms with Gasteiger partial charge in [0, 0.05) is 103 Å². The molecule has 5 aliphatic rings. The molecule has 310 valence electrons. The number of hydrogen-bond donors (Lipinski definition) is 2. The predicted octanol–water partition coefficient (Wildman–Crippen LogP) is 3.35. The molecule has 59 heavy (non-hydrogen) atoms. The largest absolute Gasteiger partial charge is 0.381 e. The smallest absolute Gasteiger partial charge is 0.262 e.